The van der Waals surface area contributed by atoms with Gasteiger partial charge in [-0.2, -0.15) is 0 Å². The van der Waals surface area contributed by atoms with Crippen molar-refractivity contribution in [3.63, 3.8) is 0 Å². The second kappa shape index (κ2) is 5.66. The molecule has 0 amide bonds. The molecule has 0 unspecified atom stereocenters. The molecule has 70 valence electrons. The average Bonchev–Trinajstić information content (AvgIpc) is 2.12. The normalized spacial score (nSPS) is 8.46. The Morgan fingerprint density at radius 2 is 2.15 bits per heavy atom. The number of rotatable bonds is 1. The highest BCUT2D eigenvalue weighted by Crippen LogP contribution is 2.17. The van der Waals surface area contributed by atoms with Gasteiger partial charge in [0.25, 0.3) is 0 Å². The van der Waals surface area contributed by atoms with Crippen LogP contribution in [0.5, 0.6) is 0 Å². The van der Waals surface area contributed by atoms with Gasteiger partial charge in [-0.25, -0.2) is 9.78 Å². The van der Waals surface area contributed by atoms with Crippen molar-refractivity contribution in [2.24, 2.45) is 0 Å². The number of carbonyl (C=O) groups is 2. The summed E-state index contributed by atoms with van der Waals surface area (Å²) < 4.78 is 0.458. The smallest absolute Gasteiger partial charge is 0.337 e. The lowest BCUT2D eigenvalue weighted by atomic mass is 10.3. The minimum atomic E-state index is -1.06. The van der Waals surface area contributed by atoms with Gasteiger partial charge < -0.3 is 9.90 Å². The largest absolute Gasteiger partial charge is 0.478 e. The van der Waals surface area contributed by atoms with Crippen LogP contribution in [0, 0.1) is 0 Å². The van der Waals surface area contributed by atoms with Crippen molar-refractivity contribution in [3.05, 3.63) is 27.5 Å². The third-order valence-corrected chi connectivity index (χ3v) is 1.79. The maximum Gasteiger partial charge on any atom is 0.337 e. The van der Waals surface area contributed by atoms with Gasteiger partial charge in [0.2, 0.25) is 0 Å². The number of aromatic nitrogens is 1. The van der Waals surface area contributed by atoms with Crippen LogP contribution in [0.4, 0.5) is 0 Å². The van der Waals surface area contributed by atoms with E-state index in [0.29, 0.717) is 4.60 Å². The van der Waals surface area contributed by atoms with Gasteiger partial charge in [0.05, 0.1) is 10.6 Å². The van der Waals surface area contributed by atoms with E-state index >= 15 is 0 Å². The molecule has 0 aliphatic carbocycles. The first-order chi connectivity index (χ1) is 6.11. The third kappa shape index (κ3) is 3.52. The fraction of sp³-hybridized carbons (Fsp3) is 0. The topological polar surface area (TPSA) is 67.3 Å². The fourth-order valence-corrected chi connectivity index (χ4v) is 1.09. The van der Waals surface area contributed by atoms with Gasteiger partial charge in [0, 0.05) is 6.20 Å². The molecule has 1 rings (SSSR count). The summed E-state index contributed by atoms with van der Waals surface area (Å²) in [6, 6.07) is 1.35. The molecule has 0 radical (unpaired) electrons. The van der Waals surface area contributed by atoms with Gasteiger partial charge in [-0.3, -0.25) is 0 Å². The van der Waals surface area contributed by atoms with Gasteiger partial charge >= 0.3 is 5.97 Å². The van der Waals surface area contributed by atoms with Crippen LogP contribution < -0.4 is 0 Å². The maximum absolute atomic E-state index is 10.4. The van der Waals surface area contributed by atoms with Crippen molar-refractivity contribution >= 4 is 40.3 Å². The van der Waals surface area contributed by atoms with Crippen LogP contribution in [0.1, 0.15) is 10.4 Å². The highest BCUT2D eigenvalue weighted by molar-refractivity contribution is 9.10. The predicted octanol–water partition coefficient (Wildman–Crippen LogP) is 2.01. The molecular formula is C7H5BrClNO3. The Labute approximate surface area is 87.7 Å². The van der Waals surface area contributed by atoms with Crippen LogP contribution in [0.25, 0.3) is 0 Å². The SMILES string of the molecule is C=O.O=C(O)c1cc(Br)ncc1Cl. The van der Waals surface area contributed by atoms with E-state index in [-0.39, 0.29) is 10.6 Å². The number of carboxylic acid groups (broad SMARTS) is 1. The summed E-state index contributed by atoms with van der Waals surface area (Å²) in [5.41, 5.74) is 0.0496. The molecule has 0 fully saturated rings. The number of aromatic carboxylic acids is 1. The molecule has 0 atom stereocenters. The molecule has 13 heavy (non-hydrogen) atoms. The molecule has 0 aliphatic rings. The van der Waals surface area contributed by atoms with E-state index in [4.69, 9.17) is 21.5 Å². The number of pyridine rings is 1. The lowest BCUT2D eigenvalue weighted by molar-refractivity contribution is -0.0980. The molecule has 0 aromatic carbocycles. The van der Waals surface area contributed by atoms with Crippen molar-refractivity contribution in [2.45, 2.75) is 0 Å². The summed E-state index contributed by atoms with van der Waals surface area (Å²) >= 11 is 8.56. The van der Waals surface area contributed by atoms with Gasteiger partial charge in [-0.05, 0) is 22.0 Å². The number of carbonyl (C=O) groups excluding carboxylic acids is 1. The zero-order valence-electron chi connectivity index (χ0n) is 6.33. The van der Waals surface area contributed by atoms with Crippen molar-refractivity contribution in [3.8, 4) is 0 Å². The molecule has 4 nitrogen and oxygen atoms in total. The first-order valence-electron chi connectivity index (χ1n) is 2.94. The Morgan fingerprint density at radius 3 is 2.54 bits per heavy atom. The first-order valence-corrected chi connectivity index (χ1v) is 4.11. The number of halogens is 2. The Hall–Kier alpha value is -0.940. The van der Waals surface area contributed by atoms with Gasteiger partial charge in [0.15, 0.2) is 0 Å². The molecule has 0 spiro atoms. The zero-order chi connectivity index (χ0) is 10.4. The van der Waals surface area contributed by atoms with E-state index in [1.165, 1.54) is 12.3 Å². The minimum absolute atomic E-state index is 0.0496. The molecule has 0 saturated carbocycles. The Morgan fingerprint density at radius 1 is 1.62 bits per heavy atom. The third-order valence-electron chi connectivity index (χ3n) is 1.05. The molecule has 1 heterocycles. The Bertz CT molecular complexity index is 319. The summed E-state index contributed by atoms with van der Waals surface area (Å²) in [7, 11) is 0. The molecule has 0 saturated heterocycles. The summed E-state index contributed by atoms with van der Waals surface area (Å²) in [6.45, 7) is 2.00. The standard InChI is InChI=1S/C6H3BrClNO2.CH2O/c7-5-1-3(6(10)11)4(8)2-9-5;1-2/h1-2H,(H,10,11);1H2. The molecule has 1 aromatic heterocycles. The number of hydrogen-bond donors (Lipinski definition) is 1. The maximum atomic E-state index is 10.4. The van der Waals surface area contributed by atoms with E-state index in [1.54, 1.807) is 0 Å². The van der Waals surface area contributed by atoms with E-state index in [2.05, 4.69) is 20.9 Å². The van der Waals surface area contributed by atoms with Crippen molar-refractivity contribution in [1.82, 2.24) is 4.98 Å². The highest BCUT2D eigenvalue weighted by Gasteiger charge is 2.08. The summed E-state index contributed by atoms with van der Waals surface area (Å²) in [6.07, 6.45) is 1.29. The monoisotopic (exact) mass is 265 g/mol. The second-order valence-corrected chi connectivity index (χ2v) is 3.01. The number of hydrogen-bond acceptors (Lipinski definition) is 3. The summed E-state index contributed by atoms with van der Waals surface area (Å²) in [5, 5.41) is 8.70. The molecule has 6 heteroatoms. The van der Waals surface area contributed by atoms with E-state index < -0.39 is 5.97 Å². The Kier molecular flexibility index (Phi) is 5.25. The molecule has 1 aromatic rings. The van der Waals surface area contributed by atoms with Crippen LogP contribution in [0.15, 0.2) is 16.9 Å². The number of carboxylic acids is 1. The fourth-order valence-electron chi connectivity index (χ4n) is 0.577. The second-order valence-electron chi connectivity index (χ2n) is 1.79. The van der Waals surface area contributed by atoms with Crippen LogP contribution >= 0.6 is 27.5 Å². The number of nitrogens with zero attached hydrogens (tertiary/aromatic N) is 1. The van der Waals surface area contributed by atoms with Crippen molar-refractivity contribution in [2.75, 3.05) is 0 Å². The van der Waals surface area contributed by atoms with Crippen LogP contribution in [-0.4, -0.2) is 22.8 Å². The van der Waals surface area contributed by atoms with E-state index in [9.17, 15) is 4.79 Å². The van der Waals surface area contributed by atoms with Gasteiger partial charge in [0.1, 0.15) is 11.4 Å². The molecule has 0 aliphatic heterocycles. The predicted molar refractivity (Wildman–Crippen MR) is 51.0 cm³/mol. The van der Waals surface area contributed by atoms with Crippen LogP contribution in [0.2, 0.25) is 5.02 Å². The zero-order valence-corrected chi connectivity index (χ0v) is 8.67. The average molecular weight is 266 g/mol. The Balaban J connectivity index is 0.000000671. The van der Waals surface area contributed by atoms with Crippen LogP contribution in [0.3, 0.4) is 0 Å². The van der Waals surface area contributed by atoms with Crippen molar-refractivity contribution < 1.29 is 14.7 Å². The lowest BCUT2D eigenvalue weighted by Gasteiger charge is -1.96. The van der Waals surface area contributed by atoms with Crippen molar-refractivity contribution in [1.29, 1.82) is 0 Å². The van der Waals surface area contributed by atoms with Crippen LogP contribution in [-0.2, 0) is 4.79 Å². The summed E-state index contributed by atoms with van der Waals surface area (Å²) in [4.78, 5) is 22.2. The summed E-state index contributed by atoms with van der Waals surface area (Å²) in [5.74, 6) is -1.06. The van der Waals surface area contributed by atoms with E-state index in [1.807, 2.05) is 6.79 Å². The molecule has 0 bridgehead atoms. The molecule has 1 N–H and O–H groups in total. The first kappa shape index (κ1) is 12.1. The van der Waals surface area contributed by atoms with Gasteiger partial charge in [-0.15, -0.1) is 0 Å². The molecular weight excluding hydrogens is 261 g/mol. The highest BCUT2D eigenvalue weighted by atomic mass is 79.9. The quantitative estimate of drug-likeness (QED) is 0.790. The van der Waals surface area contributed by atoms with E-state index in [0.717, 1.165) is 0 Å². The minimum Gasteiger partial charge on any atom is -0.478 e. The lowest BCUT2D eigenvalue weighted by Crippen LogP contribution is -1.97. The van der Waals surface area contributed by atoms with Gasteiger partial charge in [-0.1, -0.05) is 11.6 Å².